The van der Waals surface area contributed by atoms with Crippen LogP contribution in [-0.2, 0) is 6.54 Å². The molecule has 1 aromatic heterocycles. The predicted octanol–water partition coefficient (Wildman–Crippen LogP) is 2.60. The molecule has 0 bridgehead atoms. The summed E-state index contributed by atoms with van der Waals surface area (Å²) in [6.45, 7) is 5.38. The summed E-state index contributed by atoms with van der Waals surface area (Å²) in [5.41, 5.74) is 0. The Morgan fingerprint density at radius 3 is 3.20 bits per heavy atom. The number of nitrogens with zero attached hydrogens (tertiary/aromatic N) is 2. The Kier molecular flexibility index (Phi) is 3.57. The highest BCUT2D eigenvalue weighted by molar-refractivity contribution is 8.00. The van der Waals surface area contributed by atoms with Gasteiger partial charge in [-0.25, -0.2) is 4.98 Å². The van der Waals surface area contributed by atoms with Crippen LogP contribution in [0.1, 0.15) is 26.7 Å². The maximum Gasteiger partial charge on any atom is 0.203 e. The summed E-state index contributed by atoms with van der Waals surface area (Å²) in [5.74, 6) is 2.34. The normalized spacial score (nSPS) is 21.1. The predicted molar refractivity (Wildman–Crippen MR) is 66.5 cm³/mol. The largest absolute Gasteiger partial charge is 0.353 e. The third-order valence-corrected chi connectivity index (χ3v) is 3.94. The molecule has 0 aliphatic carbocycles. The number of thioether (sulfide) groups is 1. The minimum atomic E-state index is 0.447. The number of aromatic nitrogens is 2. The van der Waals surface area contributed by atoms with E-state index >= 15 is 0 Å². The van der Waals surface area contributed by atoms with Crippen molar-refractivity contribution < 1.29 is 0 Å². The smallest absolute Gasteiger partial charge is 0.203 e. The van der Waals surface area contributed by atoms with Gasteiger partial charge in [0.1, 0.15) is 0 Å². The van der Waals surface area contributed by atoms with Gasteiger partial charge in [-0.1, -0.05) is 0 Å². The topological polar surface area (TPSA) is 29.9 Å². The van der Waals surface area contributed by atoms with Gasteiger partial charge in [-0.3, -0.25) is 0 Å². The van der Waals surface area contributed by atoms with Crippen molar-refractivity contribution in [2.75, 3.05) is 11.1 Å². The molecule has 1 unspecified atom stereocenters. The van der Waals surface area contributed by atoms with Crippen LogP contribution < -0.4 is 5.32 Å². The summed E-state index contributed by atoms with van der Waals surface area (Å²) >= 11 is 2.09. The van der Waals surface area contributed by atoms with Crippen LogP contribution >= 0.6 is 11.8 Å². The van der Waals surface area contributed by atoms with E-state index in [9.17, 15) is 0 Å². The molecular weight excluding hydrogens is 206 g/mol. The minimum absolute atomic E-state index is 0.447. The summed E-state index contributed by atoms with van der Waals surface area (Å²) in [5, 5.41) is 4.15. The molecule has 1 aliphatic heterocycles. The fraction of sp³-hybridized carbons (Fsp3) is 0.727. The molecule has 4 heteroatoms. The average Bonchev–Trinajstić information content (AvgIpc) is 2.78. The number of rotatable bonds is 4. The van der Waals surface area contributed by atoms with Gasteiger partial charge in [0.25, 0.3) is 0 Å². The molecule has 1 fully saturated rings. The van der Waals surface area contributed by atoms with Crippen molar-refractivity contribution >= 4 is 17.7 Å². The zero-order valence-corrected chi connectivity index (χ0v) is 10.3. The Labute approximate surface area is 95.7 Å². The van der Waals surface area contributed by atoms with Gasteiger partial charge in [-0.05, 0) is 32.4 Å². The molecule has 1 N–H and O–H groups in total. The molecule has 0 radical (unpaired) electrons. The van der Waals surface area contributed by atoms with Gasteiger partial charge in [-0.15, -0.1) is 0 Å². The van der Waals surface area contributed by atoms with Crippen molar-refractivity contribution in [2.24, 2.45) is 0 Å². The zero-order valence-electron chi connectivity index (χ0n) is 9.44. The lowest BCUT2D eigenvalue weighted by atomic mass is 10.2. The first-order valence-electron chi connectivity index (χ1n) is 5.65. The average molecular weight is 225 g/mol. The number of hydrogen-bond donors (Lipinski definition) is 1. The fourth-order valence-corrected chi connectivity index (χ4v) is 3.13. The van der Waals surface area contributed by atoms with Crippen LogP contribution in [0.15, 0.2) is 12.4 Å². The molecule has 15 heavy (non-hydrogen) atoms. The fourth-order valence-electron chi connectivity index (χ4n) is 1.86. The van der Waals surface area contributed by atoms with Crippen LogP contribution in [0.5, 0.6) is 0 Å². The van der Waals surface area contributed by atoms with E-state index in [0.29, 0.717) is 6.04 Å². The first-order valence-corrected chi connectivity index (χ1v) is 6.70. The van der Waals surface area contributed by atoms with E-state index in [-0.39, 0.29) is 0 Å². The second-order valence-corrected chi connectivity index (χ2v) is 5.75. The Hall–Kier alpha value is -0.640. The number of hydrogen-bond acceptors (Lipinski definition) is 3. The third kappa shape index (κ3) is 2.91. The van der Waals surface area contributed by atoms with Crippen LogP contribution in [-0.4, -0.2) is 26.6 Å². The lowest BCUT2D eigenvalue weighted by molar-refractivity contribution is 0.638. The molecule has 2 heterocycles. The number of imidazole rings is 1. The quantitative estimate of drug-likeness (QED) is 0.854. The Bertz CT molecular complexity index is 303. The van der Waals surface area contributed by atoms with Gasteiger partial charge >= 0.3 is 0 Å². The van der Waals surface area contributed by atoms with Gasteiger partial charge in [0, 0.05) is 30.2 Å². The van der Waals surface area contributed by atoms with Crippen LogP contribution in [0.4, 0.5) is 5.95 Å². The van der Waals surface area contributed by atoms with E-state index in [2.05, 4.69) is 46.7 Å². The monoisotopic (exact) mass is 225 g/mol. The second kappa shape index (κ2) is 4.92. The molecule has 84 valence electrons. The summed E-state index contributed by atoms with van der Waals surface area (Å²) in [7, 11) is 0. The van der Waals surface area contributed by atoms with E-state index in [4.69, 9.17) is 0 Å². The summed E-state index contributed by atoms with van der Waals surface area (Å²) in [6.07, 6.45) is 6.68. The molecule has 0 aromatic carbocycles. The van der Waals surface area contributed by atoms with Crippen molar-refractivity contribution in [1.29, 1.82) is 0 Å². The van der Waals surface area contributed by atoms with Gasteiger partial charge in [0.2, 0.25) is 5.95 Å². The summed E-state index contributed by atoms with van der Waals surface area (Å²) in [6, 6.07) is 0.447. The van der Waals surface area contributed by atoms with Crippen molar-refractivity contribution in [3.8, 4) is 0 Å². The molecule has 1 aliphatic rings. The van der Waals surface area contributed by atoms with Crippen molar-refractivity contribution in [1.82, 2.24) is 9.55 Å². The first-order chi connectivity index (χ1) is 7.25. The summed E-state index contributed by atoms with van der Waals surface area (Å²) < 4.78 is 2.24. The Balaban J connectivity index is 1.97. The van der Waals surface area contributed by atoms with Crippen LogP contribution in [0.3, 0.4) is 0 Å². The molecule has 0 spiro atoms. The van der Waals surface area contributed by atoms with Crippen LogP contribution in [0, 0.1) is 0 Å². The van der Waals surface area contributed by atoms with Gasteiger partial charge < -0.3 is 9.88 Å². The number of anilines is 1. The van der Waals surface area contributed by atoms with Gasteiger partial charge in [0.15, 0.2) is 0 Å². The van der Waals surface area contributed by atoms with Gasteiger partial charge in [-0.2, -0.15) is 11.8 Å². The van der Waals surface area contributed by atoms with E-state index in [1.54, 1.807) is 0 Å². The SMILES string of the molecule is CC(C)Nc1nccn1CC1CCCS1. The van der Waals surface area contributed by atoms with Gasteiger partial charge in [0.05, 0.1) is 0 Å². The maximum atomic E-state index is 4.34. The molecule has 1 atom stereocenters. The molecule has 2 rings (SSSR count). The molecule has 0 saturated carbocycles. The molecule has 1 saturated heterocycles. The first kappa shape index (κ1) is 10.9. The molecule has 0 amide bonds. The second-order valence-electron chi connectivity index (χ2n) is 4.34. The minimum Gasteiger partial charge on any atom is -0.353 e. The highest BCUT2D eigenvalue weighted by Gasteiger charge is 2.17. The molecule has 3 nitrogen and oxygen atoms in total. The number of nitrogens with one attached hydrogen (secondary N) is 1. The Morgan fingerprint density at radius 2 is 2.53 bits per heavy atom. The molecular formula is C11H19N3S. The Morgan fingerprint density at radius 1 is 1.67 bits per heavy atom. The van der Waals surface area contributed by atoms with Crippen molar-refractivity contribution in [2.45, 2.75) is 44.5 Å². The third-order valence-electron chi connectivity index (χ3n) is 2.56. The highest BCUT2D eigenvalue weighted by Crippen LogP contribution is 2.28. The maximum absolute atomic E-state index is 4.34. The van der Waals surface area contributed by atoms with E-state index in [1.165, 1.54) is 18.6 Å². The zero-order chi connectivity index (χ0) is 10.7. The lowest BCUT2D eigenvalue weighted by Gasteiger charge is -2.15. The highest BCUT2D eigenvalue weighted by atomic mass is 32.2. The summed E-state index contributed by atoms with van der Waals surface area (Å²) in [4.78, 5) is 4.34. The molecule has 1 aromatic rings. The lowest BCUT2D eigenvalue weighted by Crippen LogP contribution is -2.17. The van der Waals surface area contributed by atoms with E-state index in [1.807, 2.05) is 6.20 Å². The van der Waals surface area contributed by atoms with Crippen molar-refractivity contribution in [3.05, 3.63) is 12.4 Å². The van der Waals surface area contributed by atoms with Crippen LogP contribution in [0.2, 0.25) is 0 Å². The standard InChI is InChI=1S/C11H19N3S/c1-9(2)13-11-12-5-6-14(11)8-10-4-3-7-15-10/h5-6,9-10H,3-4,7-8H2,1-2H3,(H,12,13). The van der Waals surface area contributed by atoms with Crippen molar-refractivity contribution in [3.63, 3.8) is 0 Å². The van der Waals surface area contributed by atoms with E-state index < -0.39 is 0 Å². The van der Waals surface area contributed by atoms with E-state index in [0.717, 1.165) is 17.7 Å². The van der Waals surface area contributed by atoms with Crippen LogP contribution in [0.25, 0.3) is 0 Å².